The Hall–Kier alpha value is -2.01. The number of hydrogen-bond acceptors (Lipinski definition) is 4. The van der Waals surface area contributed by atoms with Gasteiger partial charge in [-0.1, -0.05) is 30.3 Å². The van der Waals surface area contributed by atoms with Crippen LogP contribution in [0, 0.1) is 5.41 Å². The third-order valence-corrected chi connectivity index (χ3v) is 5.84. The highest BCUT2D eigenvalue weighted by Gasteiger charge is 2.55. The first-order chi connectivity index (χ1) is 13.3. The molecule has 28 heavy (non-hydrogen) atoms. The molecular formula is C23H32N2O3. The van der Waals surface area contributed by atoms with Gasteiger partial charge in [-0.3, -0.25) is 4.90 Å². The maximum atomic E-state index is 12.1. The van der Waals surface area contributed by atoms with Gasteiger partial charge in [-0.25, -0.2) is 4.79 Å². The van der Waals surface area contributed by atoms with E-state index in [1.807, 2.05) is 25.7 Å². The number of nitrogens with zero attached hydrogens (tertiary/aromatic N) is 2. The summed E-state index contributed by atoms with van der Waals surface area (Å²) in [5.74, 6) is 1.15. The summed E-state index contributed by atoms with van der Waals surface area (Å²) in [7, 11) is 0. The molecule has 152 valence electrons. The molecular weight excluding hydrogens is 352 g/mol. The third kappa shape index (κ3) is 4.52. The van der Waals surface area contributed by atoms with Crippen LogP contribution in [0.5, 0.6) is 0 Å². The van der Waals surface area contributed by atoms with Gasteiger partial charge in [0.15, 0.2) is 0 Å². The molecule has 1 saturated carbocycles. The van der Waals surface area contributed by atoms with Crippen LogP contribution in [0.25, 0.3) is 0 Å². The molecule has 1 spiro atoms. The fraction of sp³-hybridized carbons (Fsp3) is 0.609. The summed E-state index contributed by atoms with van der Waals surface area (Å²) in [5, 5.41) is 0. The Balaban J connectivity index is 1.17. The van der Waals surface area contributed by atoms with Crippen molar-refractivity contribution in [2.45, 2.75) is 58.3 Å². The average molecular weight is 385 g/mol. The molecule has 4 rings (SSSR count). The molecule has 5 nitrogen and oxygen atoms in total. The van der Waals surface area contributed by atoms with Gasteiger partial charge in [-0.2, -0.15) is 0 Å². The van der Waals surface area contributed by atoms with Gasteiger partial charge in [0.2, 0.25) is 0 Å². The predicted molar refractivity (Wildman–Crippen MR) is 109 cm³/mol. The van der Waals surface area contributed by atoms with Crippen LogP contribution in [0.2, 0.25) is 0 Å². The molecule has 1 aliphatic carbocycles. The van der Waals surface area contributed by atoms with Gasteiger partial charge >= 0.3 is 6.09 Å². The molecule has 0 radical (unpaired) electrons. The van der Waals surface area contributed by atoms with E-state index in [-0.39, 0.29) is 11.5 Å². The summed E-state index contributed by atoms with van der Waals surface area (Å²) in [4.78, 5) is 16.4. The van der Waals surface area contributed by atoms with E-state index in [0.29, 0.717) is 6.10 Å². The van der Waals surface area contributed by atoms with Gasteiger partial charge in [0, 0.05) is 44.6 Å². The molecule has 0 aromatic heterocycles. The highest BCUT2D eigenvalue weighted by Crippen LogP contribution is 2.50. The molecule has 0 N–H and O–H groups in total. The highest BCUT2D eigenvalue weighted by molar-refractivity contribution is 5.69. The third-order valence-electron chi connectivity index (χ3n) is 5.84. The maximum absolute atomic E-state index is 12.1. The maximum Gasteiger partial charge on any atom is 0.410 e. The number of carbonyl (C=O) groups is 1. The van der Waals surface area contributed by atoms with Crippen molar-refractivity contribution >= 4 is 6.09 Å². The number of hydrogen-bond donors (Lipinski definition) is 0. The lowest BCUT2D eigenvalue weighted by atomic mass is 9.62. The quantitative estimate of drug-likeness (QED) is 0.781. The Kier molecular flexibility index (Phi) is 5.13. The number of ether oxygens (including phenoxy) is 2. The van der Waals surface area contributed by atoms with Crippen molar-refractivity contribution in [1.82, 2.24) is 9.80 Å². The van der Waals surface area contributed by atoms with E-state index in [0.717, 1.165) is 57.7 Å². The second kappa shape index (κ2) is 7.43. The zero-order chi connectivity index (χ0) is 19.8. The Morgan fingerprint density at radius 3 is 2.50 bits per heavy atom. The molecule has 5 heteroatoms. The molecule has 0 atom stereocenters. The van der Waals surface area contributed by atoms with Crippen LogP contribution in [0.3, 0.4) is 0 Å². The molecule has 0 unspecified atom stereocenters. The van der Waals surface area contributed by atoms with Crippen molar-refractivity contribution in [1.29, 1.82) is 0 Å². The summed E-state index contributed by atoms with van der Waals surface area (Å²) in [6.45, 7) is 10.3. The lowest BCUT2D eigenvalue weighted by Gasteiger charge is -2.58. The summed E-state index contributed by atoms with van der Waals surface area (Å²) in [5.41, 5.74) is 1.21. The van der Waals surface area contributed by atoms with Crippen LogP contribution in [0.4, 0.5) is 4.79 Å². The van der Waals surface area contributed by atoms with Gasteiger partial charge in [0.05, 0.1) is 11.9 Å². The number of rotatable bonds is 4. The van der Waals surface area contributed by atoms with Crippen LogP contribution in [-0.4, -0.2) is 53.8 Å². The fourth-order valence-electron chi connectivity index (χ4n) is 4.47. The first-order valence-electron chi connectivity index (χ1n) is 10.4. The Labute approximate surface area is 168 Å². The zero-order valence-electron chi connectivity index (χ0n) is 17.3. The van der Waals surface area contributed by atoms with E-state index in [9.17, 15) is 4.79 Å². The SMILES string of the molecule is CC(C)(C)OC(=O)N1CC2(CC(OC3=CCN(Cc4ccccc4)CC3)C2)C1. The number of amides is 1. The van der Waals surface area contributed by atoms with E-state index < -0.39 is 5.60 Å². The Morgan fingerprint density at radius 1 is 1.18 bits per heavy atom. The molecule has 1 saturated heterocycles. The first kappa shape index (κ1) is 19.3. The molecule has 2 heterocycles. The van der Waals surface area contributed by atoms with E-state index in [1.54, 1.807) is 0 Å². The number of benzene rings is 1. The van der Waals surface area contributed by atoms with E-state index in [4.69, 9.17) is 9.47 Å². The molecule has 1 amide bonds. The van der Waals surface area contributed by atoms with Crippen molar-refractivity contribution in [3.8, 4) is 0 Å². The van der Waals surface area contributed by atoms with Crippen molar-refractivity contribution < 1.29 is 14.3 Å². The van der Waals surface area contributed by atoms with Gasteiger partial charge in [0.1, 0.15) is 5.60 Å². The minimum Gasteiger partial charge on any atom is -0.495 e. The topological polar surface area (TPSA) is 42.0 Å². The van der Waals surface area contributed by atoms with E-state index in [1.165, 1.54) is 5.56 Å². The largest absolute Gasteiger partial charge is 0.495 e. The minimum absolute atomic E-state index is 0.184. The van der Waals surface area contributed by atoms with Crippen LogP contribution in [-0.2, 0) is 16.0 Å². The van der Waals surface area contributed by atoms with Crippen LogP contribution in [0.15, 0.2) is 42.2 Å². The highest BCUT2D eigenvalue weighted by atomic mass is 16.6. The average Bonchev–Trinajstić information content (AvgIpc) is 2.56. The van der Waals surface area contributed by atoms with Crippen molar-refractivity contribution in [3.05, 3.63) is 47.7 Å². The van der Waals surface area contributed by atoms with Crippen molar-refractivity contribution in [3.63, 3.8) is 0 Å². The minimum atomic E-state index is -0.424. The van der Waals surface area contributed by atoms with Gasteiger partial charge in [-0.15, -0.1) is 0 Å². The summed E-state index contributed by atoms with van der Waals surface area (Å²) < 4.78 is 11.7. The lowest BCUT2D eigenvalue weighted by Crippen LogP contribution is -2.65. The molecule has 1 aromatic rings. The summed E-state index contributed by atoms with van der Waals surface area (Å²) >= 11 is 0. The molecule has 0 bridgehead atoms. The summed E-state index contributed by atoms with van der Waals surface area (Å²) in [6.07, 6.45) is 5.46. The molecule has 1 aromatic carbocycles. The van der Waals surface area contributed by atoms with Crippen molar-refractivity contribution in [2.75, 3.05) is 26.2 Å². The standard InChI is InChI=1S/C23H32N2O3/c1-22(2,3)28-21(26)25-16-23(17-25)13-20(14-23)27-19-9-11-24(12-10-19)15-18-7-5-4-6-8-18/h4-9,20H,10-17H2,1-3H3. The van der Waals surface area contributed by atoms with Crippen LogP contribution < -0.4 is 0 Å². The molecule has 2 fully saturated rings. The van der Waals surface area contributed by atoms with E-state index in [2.05, 4.69) is 41.3 Å². The fourth-order valence-corrected chi connectivity index (χ4v) is 4.47. The predicted octanol–water partition coefficient (Wildman–Crippen LogP) is 4.19. The second-order valence-corrected chi connectivity index (χ2v) is 9.63. The zero-order valence-corrected chi connectivity index (χ0v) is 17.3. The Morgan fingerprint density at radius 2 is 1.89 bits per heavy atom. The summed E-state index contributed by atoms with van der Waals surface area (Å²) in [6, 6.07) is 10.6. The second-order valence-electron chi connectivity index (χ2n) is 9.63. The Bertz CT molecular complexity index is 724. The normalized spacial score (nSPS) is 22.2. The molecule has 3 aliphatic rings. The van der Waals surface area contributed by atoms with Gasteiger partial charge in [-0.05, 0) is 45.3 Å². The van der Waals surface area contributed by atoms with E-state index >= 15 is 0 Å². The van der Waals surface area contributed by atoms with Crippen LogP contribution >= 0.6 is 0 Å². The van der Waals surface area contributed by atoms with Crippen molar-refractivity contribution in [2.24, 2.45) is 5.41 Å². The van der Waals surface area contributed by atoms with Gasteiger partial charge in [0.25, 0.3) is 0 Å². The lowest BCUT2D eigenvalue weighted by molar-refractivity contribution is -0.134. The molecule has 2 aliphatic heterocycles. The first-order valence-corrected chi connectivity index (χ1v) is 10.4. The monoisotopic (exact) mass is 384 g/mol. The van der Waals surface area contributed by atoms with Crippen LogP contribution in [0.1, 0.15) is 45.6 Å². The number of carbonyl (C=O) groups excluding carboxylic acids is 1. The number of likely N-dealkylation sites (tertiary alicyclic amines) is 1. The van der Waals surface area contributed by atoms with Gasteiger partial charge < -0.3 is 14.4 Å². The smallest absolute Gasteiger partial charge is 0.410 e.